The van der Waals surface area contributed by atoms with Gasteiger partial charge in [0.1, 0.15) is 0 Å². The van der Waals surface area contributed by atoms with E-state index < -0.39 is 0 Å². The number of amides is 3. The summed E-state index contributed by atoms with van der Waals surface area (Å²) in [5, 5.41) is 5.63. The van der Waals surface area contributed by atoms with Crippen LogP contribution < -0.4 is 10.6 Å². The van der Waals surface area contributed by atoms with Crippen LogP contribution in [0.2, 0.25) is 0 Å². The predicted octanol–water partition coefficient (Wildman–Crippen LogP) is 4.43. The third-order valence-electron chi connectivity index (χ3n) is 5.62. The van der Waals surface area contributed by atoms with Crippen LogP contribution in [0.15, 0.2) is 48.5 Å². The van der Waals surface area contributed by atoms with E-state index in [0.29, 0.717) is 42.9 Å². The van der Waals surface area contributed by atoms with Gasteiger partial charge in [-0.05, 0) is 60.2 Å². The Kier molecular flexibility index (Phi) is 6.78. The van der Waals surface area contributed by atoms with Crippen molar-refractivity contribution in [3.05, 3.63) is 59.7 Å². The van der Waals surface area contributed by atoms with Crippen molar-refractivity contribution in [1.29, 1.82) is 0 Å². The first-order valence-electron chi connectivity index (χ1n) is 10.7. The van der Waals surface area contributed by atoms with Crippen molar-refractivity contribution in [2.45, 2.75) is 46.0 Å². The Hall–Kier alpha value is -3.15. The van der Waals surface area contributed by atoms with E-state index in [0.717, 1.165) is 0 Å². The number of carbonyl (C=O) groups is 3. The summed E-state index contributed by atoms with van der Waals surface area (Å²) in [7, 11) is 0. The van der Waals surface area contributed by atoms with Gasteiger partial charge in [-0.2, -0.15) is 0 Å². The lowest BCUT2D eigenvalue weighted by molar-refractivity contribution is -0.121. The fraction of sp³-hybridized carbons (Fsp3) is 0.400. The Balaban J connectivity index is 1.52. The first kappa shape index (κ1) is 22.5. The zero-order valence-electron chi connectivity index (χ0n) is 18.7. The number of rotatable bonds is 4. The first-order chi connectivity index (χ1) is 14.6. The lowest BCUT2D eigenvalue weighted by Gasteiger charge is -2.31. The van der Waals surface area contributed by atoms with E-state index in [4.69, 9.17) is 0 Å². The molecule has 2 aromatic rings. The average molecular weight is 422 g/mol. The minimum absolute atomic E-state index is 0.0212. The maximum atomic E-state index is 12.8. The minimum Gasteiger partial charge on any atom is -0.339 e. The average Bonchev–Trinajstić information content (AvgIpc) is 2.74. The summed E-state index contributed by atoms with van der Waals surface area (Å²) in [6.45, 7) is 9.04. The van der Waals surface area contributed by atoms with Crippen LogP contribution in [0.3, 0.4) is 0 Å². The lowest BCUT2D eigenvalue weighted by Crippen LogP contribution is -2.41. The minimum atomic E-state index is -0.136. The van der Waals surface area contributed by atoms with Gasteiger partial charge in [-0.1, -0.05) is 32.9 Å². The Morgan fingerprint density at radius 3 is 1.84 bits per heavy atom. The second-order valence-electron chi connectivity index (χ2n) is 9.14. The third-order valence-corrected chi connectivity index (χ3v) is 5.62. The maximum Gasteiger partial charge on any atom is 0.253 e. The van der Waals surface area contributed by atoms with Crippen molar-refractivity contribution < 1.29 is 14.4 Å². The monoisotopic (exact) mass is 421 g/mol. The smallest absolute Gasteiger partial charge is 0.253 e. The highest BCUT2D eigenvalue weighted by molar-refractivity contribution is 5.95. The molecule has 1 saturated heterocycles. The molecular weight excluding hydrogens is 390 g/mol. The van der Waals surface area contributed by atoms with Crippen molar-refractivity contribution in [2.24, 2.45) is 5.92 Å². The van der Waals surface area contributed by atoms with Crippen molar-refractivity contribution in [2.75, 3.05) is 23.7 Å². The fourth-order valence-electron chi connectivity index (χ4n) is 3.72. The van der Waals surface area contributed by atoms with Gasteiger partial charge in [0.2, 0.25) is 11.8 Å². The molecule has 6 heteroatoms. The number of hydrogen-bond acceptors (Lipinski definition) is 3. The van der Waals surface area contributed by atoms with E-state index in [1.54, 1.807) is 24.3 Å². The summed E-state index contributed by atoms with van der Waals surface area (Å²) >= 11 is 0. The van der Waals surface area contributed by atoms with Gasteiger partial charge >= 0.3 is 0 Å². The van der Waals surface area contributed by atoms with Crippen molar-refractivity contribution in [3.8, 4) is 0 Å². The number of carbonyl (C=O) groups excluding carboxylic acids is 3. The molecule has 1 fully saturated rings. The van der Waals surface area contributed by atoms with Gasteiger partial charge in [0, 0.05) is 42.9 Å². The fourth-order valence-corrected chi connectivity index (χ4v) is 3.72. The van der Waals surface area contributed by atoms with E-state index in [2.05, 4.69) is 31.4 Å². The van der Waals surface area contributed by atoms with Crippen molar-refractivity contribution in [1.82, 2.24) is 4.90 Å². The van der Waals surface area contributed by atoms with Crippen molar-refractivity contribution >= 4 is 29.1 Å². The van der Waals surface area contributed by atoms with E-state index in [1.807, 2.05) is 29.2 Å². The van der Waals surface area contributed by atoms with Crippen LogP contribution in [0.1, 0.15) is 56.5 Å². The quantitative estimate of drug-likeness (QED) is 0.766. The molecule has 0 atom stereocenters. The van der Waals surface area contributed by atoms with E-state index in [9.17, 15) is 14.4 Å². The number of nitrogens with zero attached hydrogens (tertiary/aromatic N) is 1. The van der Waals surface area contributed by atoms with E-state index in [1.165, 1.54) is 12.5 Å². The van der Waals surface area contributed by atoms with Crippen LogP contribution in [-0.4, -0.2) is 35.7 Å². The molecule has 0 radical (unpaired) electrons. The number of benzene rings is 2. The summed E-state index contributed by atoms with van der Waals surface area (Å²) in [5.41, 5.74) is 3.32. The number of nitrogens with one attached hydrogen (secondary N) is 2. The molecule has 164 valence electrons. The standard InChI is InChI=1S/C25H31N3O3/c1-17(29)26-21-9-11-22(12-10-21)27-23(30)18-13-15-28(16-14-18)24(31)19-5-7-20(8-6-19)25(2,3)4/h5-12,18H,13-16H2,1-4H3,(H,26,29)(H,27,30). The molecule has 0 bridgehead atoms. The molecule has 1 aliphatic heterocycles. The molecular formula is C25H31N3O3. The maximum absolute atomic E-state index is 12.8. The van der Waals surface area contributed by atoms with Crippen LogP contribution in [-0.2, 0) is 15.0 Å². The largest absolute Gasteiger partial charge is 0.339 e. The summed E-state index contributed by atoms with van der Waals surface area (Å²) in [6, 6.07) is 14.9. The summed E-state index contributed by atoms with van der Waals surface area (Å²) in [5.74, 6) is -0.271. The van der Waals surface area contributed by atoms with Gasteiger partial charge in [0.15, 0.2) is 0 Å². The highest BCUT2D eigenvalue weighted by Gasteiger charge is 2.28. The third kappa shape index (κ3) is 5.94. The molecule has 2 N–H and O–H groups in total. The Morgan fingerprint density at radius 2 is 1.35 bits per heavy atom. The topological polar surface area (TPSA) is 78.5 Å². The molecule has 0 unspecified atom stereocenters. The van der Waals surface area contributed by atoms with Gasteiger partial charge in [-0.3, -0.25) is 14.4 Å². The second-order valence-corrected chi connectivity index (χ2v) is 9.14. The highest BCUT2D eigenvalue weighted by atomic mass is 16.2. The molecule has 2 aromatic carbocycles. The molecule has 1 aliphatic rings. The first-order valence-corrected chi connectivity index (χ1v) is 10.7. The summed E-state index contributed by atoms with van der Waals surface area (Å²) < 4.78 is 0. The van der Waals surface area contributed by atoms with Crippen LogP contribution in [0, 0.1) is 5.92 Å². The number of likely N-dealkylation sites (tertiary alicyclic amines) is 1. The normalized spacial score (nSPS) is 14.8. The van der Waals surface area contributed by atoms with Gasteiger partial charge in [0.25, 0.3) is 5.91 Å². The van der Waals surface area contributed by atoms with Gasteiger partial charge < -0.3 is 15.5 Å². The van der Waals surface area contributed by atoms with Crippen LogP contribution in [0.25, 0.3) is 0 Å². The number of piperidine rings is 1. The molecule has 3 rings (SSSR count). The highest BCUT2D eigenvalue weighted by Crippen LogP contribution is 2.24. The van der Waals surface area contributed by atoms with Crippen molar-refractivity contribution in [3.63, 3.8) is 0 Å². The number of anilines is 2. The Bertz CT molecular complexity index is 935. The second kappa shape index (κ2) is 9.33. The van der Waals surface area contributed by atoms with Crippen LogP contribution in [0.4, 0.5) is 11.4 Å². The molecule has 0 aromatic heterocycles. The van der Waals surface area contributed by atoms with Gasteiger partial charge in [-0.25, -0.2) is 0 Å². The molecule has 0 spiro atoms. The number of hydrogen-bond donors (Lipinski definition) is 2. The zero-order chi connectivity index (χ0) is 22.6. The van der Waals surface area contributed by atoms with E-state index in [-0.39, 0.29) is 29.1 Å². The molecule has 6 nitrogen and oxygen atoms in total. The van der Waals surface area contributed by atoms with Gasteiger partial charge in [0.05, 0.1) is 0 Å². The lowest BCUT2D eigenvalue weighted by atomic mass is 9.86. The summed E-state index contributed by atoms with van der Waals surface area (Å²) in [6.07, 6.45) is 1.28. The van der Waals surface area contributed by atoms with Crippen LogP contribution in [0.5, 0.6) is 0 Å². The Morgan fingerprint density at radius 1 is 0.839 bits per heavy atom. The molecule has 1 heterocycles. The SMILES string of the molecule is CC(=O)Nc1ccc(NC(=O)C2CCN(C(=O)c3ccc(C(C)(C)C)cc3)CC2)cc1. The zero-order valence-corrected chi connectivity index (χ0v) is 18.7. The molecule has 0 aliphatic carbocycles. The van der Waals surface area contributed by atoms with E-state index >= 15 is 0 Å². The molecule has 3 amide bonds. The summed E-state index contributed by atoms with van der Waals surface area (Å²) in [4.78, 5) is 38.4. The van der Waals surface area contributed by atoms with Crippen LogP contribution >= 0.6 is 0 Å². The molecule has 31 heavy (non-hydrogen) atoms. The molecule has 0 saturated carbocycles. The van der Waals surface area contributed by atoms with Gasteiger partial charge in [-0.15, -0.1) is 0 Å². The predicted molar refractivity (Wildman–Crippen MR) is 123 cm³/mol. The Labute approximate surface area is 184 Å².